The van der Waals surface area contributed by atoms with Crippen molar-refractivity contribution in [2.75, 3.05) is 48.5 Å². The maximum absolute atomic E-state index is 14.1. The summed E-state index contributed by atoms with van der Waals surface area (Å²) in [6, 6.07) is 6.76. The lowest BCUT2D eigenvalue weighted by Gasteiger charge is -2.40. The van der Waals surface area contributed by atoms with Gasteiger partial charge in [0.1, 0.15) is 5.78 Å². The second-order valence-corrected chi connectivity index (χ2v) is 15.6. The molecule has 2 rings (SSSR count). The minimum absolute atomic E-state index is 0.0164. The van der Waals surface area contributed by atoms with Crippen LogP contribution in [0.5, 0.6) is 0 Å². The van der Waals surface area contributed by atoms with E-state index >= 15 is 0 Å². The molecule has 0 aromatic heterocycles. The normalized spacial score (nSPS) is 19.0. The van der Waals surface area contributed by atoms with E-state index in [0.717, 1.165) is 37.7 Å². The highest BCUT2D eigenvalue weighted by Gasteiger charge is 2.42. The van der Waals surface area contributed by atoms with E-state index in [2.05, 4.69) is 13.8 Å². The molecule has 290 valence electrons. The summed E-state index contributed by atoms with van der Waals surface area (Å²) in [7, 11) is 8.73. The van der Waals surface area contributed by atoms with Gasteiger partial charge in [-0.2, -0.15) is 0 Å². The van der Waals surface area contributed by atoms with E-state index in [1.165, 1.54) is 0 Å². The summed E-state index contributed by atoms with van der Waals surface area (Å²) in [6.45, 7) is 10.9. The number of amides is 2. The summed E-state index contributed by atoms with van der Waals surface area (Å²) in [6.07, 6.45) is 3.84. The number of hydrogen-bond donors (Lipinski definition) is 1. The van der Waals surface area contributed by atoms with Gasteiger partial charge in [-0.05, 0) is 82.3 Å². The van der Waals surface area contributed by atoms with Gasteiger partial charge in [-0.15, -0.1) is 0 Å². The molecule has 10 nitrogen and oxygen atoms in total. The van der Waals surface area contributed by atoms with Gasteiger partial charge in [0, 0.05) is 57.5 Å². The average Bonchev–Trinajstić information content (AvgIpc) is 3.57. The van der Waals surface area contributed by atoms with Gasteiger partial charge in [0.05, 0.1) is 36.8 Å². The van der Waals surface area contributed by atoms with Crippen molar-refractivity contribution in [1.29, 1.82) is 0 Å². The molecule has 1 aromatic rings. The number of carbonyl (C=O) groups is 4. The first-order valence-electron chi connectivity index (χ1n) is 18.9. The van der Waals surface area contributed by atoms with Crippen molar-refractivity contribution in [3.8, 4) is 0 Å². The molecule has 0 unspecified atom stereocenters. The minimum atomic E-state index is -0.574. The van der Waals surface area contributed by atoms with Gasteiger partial charge in [-0.3, -0.25) is 24.1 Å². The third kappa shape index (κ3) is 12.6. The standard InChI is InChI=1S/C40H67ClN4O6/c1-11-27(4)38(44(8)40(49)30(21-22-42)24-34(47)37(26(2)3)43(6)7)35(50-9)25-36(48)45-23-13-15-32(45)39(51-10)28(5)33(46)16-12-14-29-17-19-31(41)20-18-29/h17-20,26-28,30,32,35,37-39H,11-16,21-25,42H2,1-10H3/t27-,28-,30+,32-,35+,37-,38-,39+/m0/s1. The molecule has 0 radical (unpaired) electrons. The smallest absolute Gasteiger partial charge is 0.226 e. The molecule has 11 heteroatoms. The van der Waals surface area contributed by atoms with Crippen LogP contribution in [0.3, 0.4) is 0 Å². The molecule has 0 bridgehead atoms. The van der Waals surface area contributed by atoms with Crippen molar-refractivity contribution in [3.63, 3.8) is 0 Å². The van der Waals surface area contributed by atoms with Crippen LogP contribution in [0.25, 0.3) is 0 Å². The van der Waals surface area contributed by atoms with Gasteiger partial charge >= 0.3 is 0 Å². The molecule has 1 fully saturated rings. The first kappa shape index (κ1) is 44.8. The number of Topliss-reactive ketones (excluding diaryl/α,β-unsaturated/α-hetero) is 2. The zero-order valence-corrected chi connectivity index (χ0v) is 33.8. The van der Waals surface area contributed by atoms with Crippen molar-refractivity contribution >= 4 is 35.0 Å². The predicted molar refractivity (Wildman–Crippen MR) is 205 cm³/mol. The zero-order chi connectivity index (χ0) is 38.4. The number of hydrogen-bond acceptors (Lipinski definition) is 8. The van der Waals surface area contributed by atoms with Crippen LogP contribution in [-0.4, -0.2) is 117 Å². The molecule has 0 spiro atoms. The molecule has 8 atom stereocenters. The average molecular weight is 735 g/mol. The number of ether oxygens (including phenoxy) is 2. The molecule has 1 heterocycles. The SMILES string of the molecule is CC[C@H](C)[C@@H]([C@@H](CC(=O)N1CCC[C@H]1[C@H](OC)[C@@H](C)C(=O)CCCc1ccc(Cl)cc1)OC)N(C)C(=O)[C@H](CCN)CC(=O)[C@H](C(C)C)N(C)C. The molecule has 1 aliphatic rings. The van der Waals surface area contributed by atoms with E-state index in [1.807, 2.05) is 68.9 Å². The van der Waals surface area contributed by atoms with Crippen LogP contribution in [0, 0.1) is 23.7 Å². The Labute approximate surface area is 313 Å². The van der Waals surface area contributed by atoms with Crippen molar-refractivity contribution in [1.82, 2.24) is 14.7 Å². The van der Waals surface area contributed by atoms with E-state index < -0.39 is 24.2 Å². The van der Waals surface area contributed by atoms with E-state index in [0.29, 0.717) is 24.4 Å². The van der Waals surface area contributed by atoms with Gasteiger partial charge in [-0.25, -0.2) is 0 Å². The predicted octanol–water partition coefficient (Wildman–Crippen LogP) is 5.66. The Kier molecular flexibility index (Phi) is 19.3. The number of halogens is 1. The fraction of sp³-hybridized carbons (Fsp3) is 0.750. The lowest BCUT2D eigenvalue weighted by atomic mass is 9.86. The third-order valence-electron chi connectivity index (χ3n) is 11.0. The molecule has 2 amide bonds. The minimum Gasteiger partial charge on any atom is -0.379 e. The van der Waals surface area contributed by atoms with Crippen molar-refractivity contribution < 1.29 is 28.7 Å². The van der Waals surface area contributed by atoms with Crippen molar-refractivity contribution in [3.05, 3.63) is 34.9 Å². The quantitative estimate of drug-likeness (QED) is 0.153. The second-order valence-electron chi connectivity index (χ2n) is 15.1. The fourth-order valence-corrected chi connectivity index (χ4v) is 8.23. The number of likely N-dealkylation sites (N-methyl/N-ethyl adjacent to an activating group) is 2. The molecule has 1 aromatic carbocycles. The molecular formula is C40H67ClN4O6. The Morgan fingerprint density at radius 1 is 0.980 bits per heavy atom. The summed E-state index contributed by atoms with van der Waals surface area (Å²) in [5.74, 6) is -0.915. The Hall–Kier alpha value is -2.37. The zero-order valence-electron chi connectivity index (χ0n) is 33.0. The second kappa shape index (κ2) is 22.0. The Morgan fingerprint density at radius 3 is 2.16 bits per heavy atom. The Morgan fingerprint density at radius 2 is 1.63 bits per heavy atom. The van der Waals surface area contributed by atoms with Crippen LogP contribution in [0.2, 0.25) is 5.02 Å². The molecule has 51 heavy (non-hydrogen) atoms. The highest BCUT2D eigenvalue weighted by atomic mass is 35.5. The van der Waals surface area contributed by atoms with Gasteiger partial charge in [0.2, 0.25) is 11.8 Å². The monoisotopic (exact) mass is 734 g/mol. The van der Waals surface area contributed by atoms with E-state index in [4.69, 9.17) is 26.8 Å². The highest BCUT2D eigenvalue weighted by molar-refractivity contribution is 6.30. The van der Waals surface area contributed by atoms with Gasteiger partial charge in [-0.1, -0.05) is 64.8 Å². The number of nitrogens with two attached hydrogens (primary N) is 1. The molecular weight excluding hydrogens is 668 g/mol. The first-order chi connectivity index (χ1) is 24.1. The summed E-state index contributed by atoms with van der Waals surface area (Å²) in [4.78, 5) is 60.5. The van der Waals surface area contributed by atoms with E-state index in [1.54, 1.807) is 26.2 Å². The molecule has 1 aliphatic heterocycles. The van der Waals surface area contributed by atoms with Gasteiger partial charge in [0.25, 0.3) is 0 Å². The molecule has 1 saturated heterocycles. The summed E-state index contributed by atoms with van der Waals surface area (Å²) in [5, 5.41) is 0.689. The lowest BCUT2D eigenvalue weighted by Crippen LogP contribution is -2.54. The van der Waals surface area contributed by atoms with Crippen LogP contribution in [0.1, 0.15) is 91.5 Å². The van der Waals surface area contributed by atoms with E-state index in [9.17, 15) is 19.2 Å². The molecule has 2 N–H and O–H groups in total. The number of aryl methyl sites for hydroxylation is 1. The molecule has 0 aliphatic carbocycles. The highest BCUT2D eigenvalue weighted by Crippen LogP contribution is 2.31. The third-order valence-corrected chi connectivity index (χ3v) is 11.2. The van der Waals surface area contributed by atoms with Crippen LogP contribution < -0.4 is 5.73 Å². The van der Waals surface area contributed by atoms with Crippen LogP contribution in [0.4, 0.5) is 0 Å². The number of methoxy groups -OCH3 is 2. The largest absolute Gasteiger partial charge is 0.379 e. The number of rotatable bonds is 23. The maximum atomic E-state index is 14.1. The van der Waals surface area contributed by atoms with Crippen LogP contribution in [0.15, 0.2) is 24.3 Å². The van der Waals surface area contributed by atoms with Gasteiger partial charge < -0.3 is 25.0 Å². The summed E-state index contributed by atoms with van der Waals surface area (Å²) < 4.78 is 12.0. The maximum Gasteiger partial charge on any atom is 0.226 e. The Bertz CT molecular complexity index is 1240. The molecule has 0 saturated carbocycles. The van der Waals surface area contributed by atoms with E-state index in [-0.39, 0.29) is 72.6 Å². The van der Waals surface area contributed by atoms with Crippen LogP contribution >= 0.6 is 11.6 Å². The number of likely N-dealkylation sites (tertiary alicyclic amines) is 1. The van der Waals surface area contributed by atoms with Gasteiger partial charge in [0.15, 0.2) is 5.78 Å². The van der Waals surface area contributed by atoms with Crippen molar-refractivity contribution in [2.45, 2.75) is 123 Å². The topological polar surface area (TPSA) is 122 Å². The first-order valence-corrected chi connectivity index (χ1v) is 19.3. The fourth-order valence-electron chi connectivity index (χ4n) is 8.11. The lowest BCUT2D eigenvalue weighted by molar-refractivity contribution is -0.148. The van der Waals surface area contributed by atoms with Crippen LogP contribution in [-0.2, 0) is 35.1 Å². The summed E-state index contributed by atoms with van der Waals surface area (Å²) >= 11 is 6.01. The van der Waals surface area contributed by atoms with Crippen molar-refractivity contribution in [2.24, 2.45) is 29.4 Å². The number of carbonyl (C=O) groups excluding carboxylic acids is 4. The Balaban J connectivity index is 2.20. The number of benzene rings is 1. The number of nitrogens with zero attached hydrogens (tertiary/aromatic N) is 3. The number of ketones is 2. The summed E-state index contributed by atoms with van der Waals surface area (Å²) in [5.41, 5.74) is 7.10.